The molecule has 1 fully saturated rings. The minimum absolute atomic E-state index is 0.178. The molecule has 3 atom stereocenters. The van der Waals surface area contributed by atoms with E-state index in [4.69, 9.17) is 4.42 Å². The molecule has 3 aliphatic rings. The van der Waals surface area contributed by atoms with Crippen molar-refractivity contribution < 1.29 is 27.2 Å². The fourth-order valence-electron chi connectivity index (χ4n) is 4.32. The Morgan fingerprint density at radius 2 is 2.17 bits per heavy atom. The highest BCUT2D eigenvalue weighted by atomic mass is 19.4. The smallest absolute Gasteiger partial charge is 0.408 e. The Labute approximate surface area is 197 Å². The zero-order valence-electron chi connectivity index (χ0n) is 18.5. The number of urea groups is 1. The zero-order chi connectivity index (χ0) is 24.7. The van der Waals surface area contributed by atoms with E-state index in [2.05, 4.69) is 25.5 Å². The molecule has 0 spiro atoms. The number of fused-ring (bicyclic) bond motifs is 3. The number of dihydropyridines is 1. The number of rotatable bonds is 4. The van der Waals surface area contributed by atoms with Crippen LogP contribution in [0.5, 0.6) is 0 Å². The first kappa shape index (κ1) is 22.7. The van der Waals surface area contributed by atoms with Crippen molar-refractivity contribution in [1.82, 2.24) is 30.4 Å². The molecule has 13 heteroatoms. The van der Waals surface area contributed by atoms with E-state index in [9.17, 15) is 22.8 Å². The lowest BCUT2D eigenvalue weighted by molar-refractivity contribution is -0.158. The highest BCUT2D eigenvalue weighted by Crippen LogP contribution is 2.34. The summed E-state index contributed by atoms with van der Waals surface area (Å²) in [7, 11) is 0. The van der Waals surface area contributed by atoms with E-state index in [1.807, 2.05) is 5.32 Å². The largest absolute Gasteiger partial charge is 0.444 e. The number of oxazole rings is 1. The molecule has 0 aliphatic carbocycles. The normalized spacial score (nSPS) is 21.9. The van der Waals surface area contributed by atoms with Crippen LogP contribution < -0.4 is 16.0 Å². The average molecular weight is 489 g/mol. The summed E-state index contributed by atoms with van der Waals surface area (Å²) >= 11 is 0. The number of alkyl halides is 3. The van der Waals surface area contributed by atoms with Crippen LogP contribution in [0.4, 0.5) is 23.8 Å². The van der Waals surface area contributed by atoms with E-state index in [0.29, 0.717) is 42.4 Å². The lowest BCUT2D eigenvalue weighted by Gasteiger charge is -2.41. The lowest BCUT2D eigenvalue weighted by Crippen LogP contribution is -2.57. The molecular formula is C22H22F3N7O3. The maximum Gasteiger partial charge on any atom is 0.408 e. The first-order valence-corrected chi connectivity index (χ1v) is 11.0. The van der Waals surface area contributed by atoms with Gasteiger partial charge in [0.05, 0.1) is 17.9 Å². The van der Waals surface area contributed by atoms with Crippen molar-refractivity contribution in [3.05, 3.63) is 54.6 Å². The van der Waals surface area contributed by atoms with Crippen molar-refractivity contribution in [2.24, 2.45) is 0 Å². The van der Waals surface area contributed by atoms with E-state index >= 15 is 0 Å². The standard InChI is InChI=1S/C22H22F3N7O3/c1-12(22(23,24)25)28-20(33)15-2-3-16-19(29-15)32(14-5-7-31(16)10-14)21(34)30-18-8-13(4-6-27-18)17-9-26-11-35-17/h2-4,6,8-9,11-12,14-15,29H,5,7,10H2,1H3,(H,28,33)(H,27,30,34)/t12-,14+,15?/m1/s1. The van der Waals surface area contributed by atoms with Crippen LogP contribution in [0.15, 0.2) is 59.0 Å². The number of amides is 3. The van der Waals surface area contributed by atoms with Gasteiger partial charge in [-0.3, -0.25) is 15.0 Å². The van der Waals surface area contributed by atoms with Gasteiger partial charge in [0.15, 0.2) is 12.2 Å². The van der Waals surface area contributed by atoms with Gasteiger partial charge in [0.2, 0.25) is 5.91 Å². The van der Waals surface area contributed by atoms with Crippen molar-refractivity contribution in [3.8, 4) is 11.3 Å². The topological polar surface area (TPSA) is 116 Å². The van der Waals surface area contributed by atoms with Crippen LogP contribution in [0.2, 0.25) is 0 Å². The first-order valence-electron chi connectivity index (χ1n) is 11.0. The van der Waals surface area contributed by atoms with Crippen LogP contribution in [0.1, 0.15) is 13.3 Å². The lowest BCUT2D eigenvalue weighted by atomic mass is 10.1. The number of hydrogen-bond donors (Lipinski definition) is 3. The summed E-state index contributed by atoms with van der Waals surface area (Å²) in [4.78, 5) is 37.6. The van der Waals surface area contributed by atoms with E-state index in [1.54, 1.807) is 24.4 Å². The van der Waals surface area contributed by atoms with Crippen molar-refractivity contribution in [3.63, 3.8) is 0 Å². The number of hydrogen-bond acceptors (Lipinski definition) is 7. The monoisotopic (exact) mass is 489 g/mol. The van der Waals surface area contributed by atoms with Crippen LogP contribution in [0.3, 0.4) is 0 Å². The maximum atomic E-state index is 13.4. The fraction of sp³-hybridized carbons (Fsp3) is 0.364. The summed E-state index contributed by atoms with van der Waals surface area (Å²) in [5.74, 6) is 0.321. The minimum Gasteiger partial charge on any atom is -0.444 e. The fourth-order valence-corrected chi connectivity index (χ4v) is 4.32. The highest BCUT2D eigenvalue weighted by molar-refractivity contribution is 5.91. The number of pyridine rings is 1. The van der Waals surface area contributed by atoms with Gasteiger partial charge in [-0.05, 0) is 31.6 Å². The van der Waals surface area contributed by atoms with Gasteiger partial charge in [-0.25, -0.2) is 14.8 Å². The van der Waals surface area contributed by atoms with Crippen LogP contribution >= 0.6 is 0 Å². The SMILES string of the molecule is C[C@@H](NC(=O)C1C=CC2=C(N1)N(C(=O)Nc1cc(-c3cnco3)ccn1)[C@H]1CCN2C1)C(F)(F)F. The molecule has 184 valence electrons. The second-order valence-corrected chi connectivity index (χ2v) is 8.47. The van der Waals surface area contributed by atoms with Crippen molar-refractivity contribution >= 4 is 17.8 Å². The molecule has 3 amide bonds. The summed E-state index contributed by atoms with van der Waals surface area (Å²) in [6.07, 6.45) is 3.66. The Kier molecular flexibility index (Phi) is 5.61. The Morgan fingerprint density at radius 1 is 1.34 bits per heavy atom. The van der Waals surface area contributed by atoms with Gasteiger partial charge >= 0.3 is 12.2 Å². The molecule has 0 radical (unpaired) electrons. The number of anilines is 1. The van der Waals surface area contributed by atoms with Crippen molar-refractivity contribution in [2.75, 3.05) is 18.4 Å². The van der Waals surface area contributed by atoms with Crippen molar-refractivity contribution in [1.29, 1.82) is 0 Å². The Morgan fingerprint density at radius 3 is 2.91 bits per heavy atom. The predicted octanol–water partition coefficient (Wildman–Crippen LogP) is 2.42. The molecule has 1 unspecified atom stereocenters. The highest BCUT2D eigenvalue weighted by Gasteiger charge is 2.43. The Balaban J connectivity index is 1.35. The predicted molar refractivity (Wildman–Crippen MR) is 117 cm³/mol. The summed E-state index contributed by atoms with van der Waals surface area (Å²) in [6, 6.07) is -0.374. The number of aromatic nitrogens is 2. The second kappa shape index (κ2) is 8.64. The molecule has 3 aliphatic heterocycles. The van der Waals surface area contributed by atoms with Crippen LogP contribution in [-0.2, 0) is 4.79 Å². The molecule has 2 bridgehead atoms. The first-order chi connectivity index (χ1) is 16.7. The third kappa shape index (κ3) is 4.40. The molecule has 2 aromatic heterocycles. The maximum absolute atomic E-state index is 13.4. The molecule has 5 heterocycles. The number of halogens is 3. The van der Waals surface area contributed by atoms with Gasteiger partial charge in [0, 0.05) is 24.8 Å². The van der Waals surface area contributed by atoms with E-state index in [-0.39, 0.29) is 11.9 Å². The zero-order valence-corrected chi connectivity index (χ0v) is 18.5. The van der Waals surface area contributed by atoms with Gasteiger partial charge in [0.25, 0.3) is 0 Å². The van der Waals surface area contributed by atoms with E-state index < -0.39 is 30.2 Å². The number of nitrogens with one attached hydrogen (secondary N) is 3. The van der Waals surface area contributed by atoms with Gasteiger partial charge in [-0.2, -0.15) is 13.2 Å². The van der Waals surface area contributed by atoms with Crippen LogP contribution in [0.25, 0.3) is 11.3 Å². The molecule has 0 aromatic carbocycles. The molecule has 5 rings (SSSR count). The second-order valence-electron chi connectivity index (χ2n) is 8.47. The Bertz CT molecular complexity index is 1200. The molecule has 10 nitrogen and oxygen atoms in total. The van der Waals surface area contributed by atoms with Crippen molar-refractivity contribution in [2.45, 2.75) is 37.6 Å². The third-order valence-corrected chi connectivity index (χ3v) is 6.15. The van der Waals surface area contributed by atoms with Gasteiger partial charge < -0.3 is 20.0 Å². The van der Waals surface area contributed by atoms with Crippen LogP contribution in [0, 0.1) is 0 Å². The van der Waals surface area contributed by atoms with E-state index in [0.717, 1.165) is 6.92 Å². The minimum atomic E-state index is -4.56. The number of nitrogens with zero attached hydrogens (tertiary/aromatic N) is 4. The molecule has 35 heavy (non-hydrogen) atoms. The average Bonchev–Trinajstić information content (AvgIpc) is 3.50. The number of carbonyl (C=O) groups is 2. The summed E-state index contributed by atoms with van der Waals surface area (Å²) in [5.41, 5.74) is 1.37. The Hall–Kier alpha value is -4.03. The molecule has 0 saturated carbocycles. The van der Waals surface area contributed by atoms with Crippen LogP contribution in [-0.4, -0.2) is 69.1 Å². The van der Waals surface area contributed by atoms with Gasteiger partial charge in [-0.1, -0.05) is 6.08 Å². The number of allylic oxidation sites excluding steroid dienone is 1. The molecule has 3 N–H and O–H groups in total. The number of carbonyl (C=O) groups excluding carboxylic acids is 2. The van der Waals surface area contributed by atoms with E-state index in [1.165, 1.54) is 23.6 Å². The molecule has 1 saturated heterocycles. The summed E-state index contributed by atoms with van der Waals surface area (Å²) in [5, 5.41) is 7.70. The quantitative estimate of drug-likeness (QED) is 0.604. The molecular weight excluding hydrogens is 467 g/mol. The van der Waals surface area contributed by atoms with Gasteiger partial charge in [-0.15, -0.1) is 0 Å². The molecule has 2 aromatic rings. The summed E-state index contributed by atoms with van der Waals surface area (Å²) in [6.45, 7) is 2.19. The van der Waals surface area contributed by atoms with Gasteiger partial charge in [0.1, 0.15) is 23.7 Å². The third-order valence-electron chi connectivity index (χ3n) is 6.15. The summed E-state index contributed by atoms with van der Waals surface area (Å²) < 4.78 is 44.0.